The number of nitrogens with one attached hydrogen (secondary N) is 1. The second-order valence-electron chi connectivity index (χ2n) is 5.19. The van der Waals surface area contributed by atoms with Crippen molar-refractivity contribution in [1.29, 1.82) is 0 Å². The zero-order chi connectivity index (χ0) is 15.6. The van der Waals surface area contributed by atoms with Gasteiger partial charge in [-0.15, -0.1) is 0 Å². The molecule has 0 saturated heterocycles. The van der Waals surface area contributed by atoms with Crippen molar-refractivity contribution in [2.24, 2.45) is 0 Å². The van der Waals surface area contributed by atoms with Gasteiger partial charge in [-0.25, -0.2) is 4.79 Å². The van der Waals surface area contributed by atoms with E-state index in [0.29, 0.717) is 5.75 Å². The van der Waals surface area contributed by atoms with Gasteiger partial charge in [0, 0.05) is 12.7 Å². The highest BCUT2D eigenvalue weighted by molar-refractivity contribution is 5.89. The number of carbonyl (C=O) groups is 2. The molecule has 2 rings (SSSR count). The summed E-state index contributed by atoms with van der Waals surface area (Å²) in [5.41, 5.74) is 2.97. The number of ether oxygens (including phenoxy) is 2. The predicted molar refractivity (Wildman–Crippen MR) is 75.6 cm³/mol. The number of aryl methyl sites for hydroxylation is 2. The Morgan fingerprint density at radius 1 is 1.43 bits per heavy atom. The maximum absolute atomic E-state index is 12.3. The number of carboxylic acids is 1. The first-order chi connectivity index (χ1) is 9.93. The van der Waals surface area contributed by atoms with Crippen LogP contribution in [0.1, 0.15) is 22.6 Å². The van der Waals surface area contributed by atoms with Crippen molar-refractivity contribution in [1.82, 2.24) is 5.32 Å². The first-order valence-electron chi connectivity index (χ1n) is 6.70. The van der Waals surface area contributed by atoms with Gasteiger partial charge in [-0.1, -0.05) is 6.07 Å². The highest BCUT2D eigenvalue weighted by Gasteiger charge is 2.33. The van der Waals surface area contributed by atoms with Crippen LogP contribution in [0.3, 0.4) is 0 Å². The molecule has 1 aromatic rings. The Balaban J connectivity index is 2.16. The number of fused-ring (bicyclic) bond motifs is 1. The fourth-order valence-electron chi connectivity index (χ4n) is 2.30. The third-order valence-electron chi connectivity index (χ3n) is 3.67. The minimum Gasteiger partial charge on any atom is -0.492 e. The van der Waals surface area contributed by atoms with Gasteiger partial charge in [0.25, 0.3) is 0 Å². The molecule has 2 atom stereocenters. The summed E-state index contributed by atoms with van der Waals surface area (Å²) >= 11 is 0. The SMILES string of the molecule is COCC(NC(=O)C1COc2cc(C)c(C)cc21)C(=O)O. The molecule has 1 heterocycles. The quantitative estimate of drug-likeness (QED) is 0.846. The summed E-state index contributed by atoms with van der Waals surface area (Å²) in [5.74, 6) is -1.28. The summed E-state index contributed by atoms with van der Waals surface area (Å²) in [6.07, 6.45) is 0. The van der Waals surface area contributed by atoms with E-state index in [4.69, 9.17) is 14.6 Å². The Morgan fingerprint density at radius 3 is 2.71 bits per heavy atom. The van der Waals surface area contributed by atoms with Gasteiger partial charge in [0.2, 0.25) is 5.91 Å². The number of carbonyl (C=O) groups excluding carboxylic acids is 1. The minimum absolute atomic E-state index is 0.0750. The van der Waals surface area contributed by atoms with E-state index >= 15 is 0 Å². The zero-order valence-electron chi connectivity index (χ0n) is 12.3. The van der Waals surface area contributed by atoms with Gasteiger partial charge in [0.05, 0.1) is 6.61 Å². The van der Waals surface area contributed by atoms with Gasteiger partial charge < -0.3 is 19.9 Å². The standard InChI is InChI=1S/C15H19NO5/c1-8-4-10-11(6-21-13(10)5-9(8)2)14(17)16-12(7-20-3)15(18)19/h4-5,11-12H,6-7H2,1-3H3,(H,16,17)(H,18,19). The number of benzene rings is 1. The van der Waals surface area contributed by atoms with Crippen LogP contribution in [0, 0.1) is 13.8 Å². The molecule has 2 N–H and O–H groups in total. The molecular weight excluding hydrogens is 274 g/mol. The Bertz CT molecular complexity index is 569. The summed E-state index contributed by atoms with van der Waals surface area (Å²) in [6, 6.07) is 2.77. The molecule has 0 bridgehead atoms. The Hall–Kier alpha value is -2.08. The zero-order valence-corrected chi connectivity index (χ0v) is 12.3. The number of amides is 1. The molecule has 2 unspecified atom stereocenters. The van der Waals surface area contributed by atoms with Crippen molar-refractivity contribution in [2.45, 2.75) is 25.8 Å². The summed E-state index contributed by atoms with van der Waals surface area (Å²) in [5, 5.41) is 11.5. The third kappa shape index (κ3) is 3.16. The van der Waals surface area contributed by atoms with Gasteiger partial charge in [0.15, 0.2) is 6.04 Å². The molecule has 0 radical (unpaired) electrons. The monoisotopic (exact) mass is 293 g/mol. The molecule has 1 aliphatic heterocycles. The van der Waals surface area contributed by atoms with E-state index in [1.165, 1.54) is 7.11 Å². The first-order valence-corrected chi connectivity index (χ1v) is 6.70. The van der Waals surface area contributed by atoms with Crippen molar-refractivity contribution in [3.63, 3.8) is 0 Å². The number of carboxylic acid groups (broad SMARTS) is 1. The minimum atomic E-state index is -1.12. The van der Waals surface area contributed by atoms with Crippen LogP contribution in [0.4, 0.5) is 0 Å². The van der Waals surface area contributed by atoms with Crippen LogP contribution in [0.5, 0.6) is 5.75 Å². The average Bonchev–Trinajstić information content (AvgIpc) is 2.81. The first kappa shape index (κ1) is 15.3. The number of aliphatic carboxylic acids is 1. The van der Waals surface area contributed by atoms with Crippen molar-refractivity contribution >= 4 is 11.9 Å². The fourth-order valence-corrected chi connectivity index (χ4v) is 2.30. The van der Waals surface area contributed by atoms with Gasteiger partial charge in [-0.3, -0.25) is 4.79 Å². The summed E-state index contributed by atoms with van der Waals surface area (Å²) < 4.78 is 10.3. The molecule has 1 amide bonds. The lowest BCUT2D eigenvalue weighted by Crippen LogP contribution is -2.46. The Morgan fingerprint density at radius 2 is 2.10 bits per heavy atom. The van der Waals surface area contributed by atoms with Gasteiger partial charge in [-0.05, 0) is 31.0 Å². The van der Waals surface area contributed by atoms with Crippen LogP contribution in [-0.4, -0.2) is 43.3 Å². The molecule has 0 aliphatic carbocycles. The predicted octanol–water partition coefficient (Wildman–Crippen LogP) is 0.995. The van der Waals surface area contributed by atoms with Crippen LogP contribution in [-0.2, 0) is 14.3 Å². The van der Waals surface area contributed by atoms with Gasteiger partial charge >= 0.3 is 5.97 Å². The molecule has 1 aromatic carbocycles. The largest absolute Gasteiger partial charge is 0.492 e. The average molecular weight is 293 g/mol. The lowest BCUT2D eigenvalue weighted by atomic mass is 9.96. The third-order valence-corrected chi connectivity index (χ3v) is 3.67. The van der Waals surface area contributed by atoms with E-state index in [2.05, 4.69) is 5.32 Å². The number of methoxy groups -OCH3 is 1. The van der Waals surface area contributed by atoms with E-state index in [0.717, 1.165) is 16.7 Å². The molecule has 0 spiro atoms. The smallest absolute Gasteiger partial charge is 0.328 e. The maximum atomic E-state index is 12.3. The molecule has 0 fully saturated rings. The van der Waals surface area contributed by atoms with E-state index in [1.807, 2.05) is 26.0 Å². The lowest BCUT2D eigenvalue weighted by molar-refractivity contribution is -0.143. The molecule has 6 heteroatoms. The van der Waals surface area contributed by atoms with Crippen molar-refractivity contribution in [2.75, 3.05) is 20.3 Å². The summed E-state index contributed by atoms with van der Waals surface area (Å²) in [6.45, 7) is 4.09. The van der Waals surface area contributed by atoms with Crippen LogP contribution >= 0.6 is 0 Å². The van der Waals surface area contributed by atoms with Crippen LogP contribution in [0.25, 0.3) is 0 Å². The van der Waals surface area contributed by atoms with E-state index in [-0.39, 0.29) is 19.1 Å². The van der Waals surface area contributed by atoms with E-state index in [9.17, 15) is 9.59 Å². The summed E-state index contributed by atoms with van der Waals surface area (Å²) in [4.78, 5) is 23.3. The van der Waals surface area contributed by atoms with Crippen molar-refractivity contribution < 1.29 is 24.2 Å². The molecule has 0 aromatic heterocycles. The normalized spacial score (nSPS) is 17.8. The molecule has 114 valence electrons. The van der Waals surface area contributed by atoms with E-state index in [1.54, 1.807) is 0 Å². The number of hydrogen-bond donors (Lipinski definition) is 2. The highest BCUT2D eigenvalue weighted by Crippen LogP contribution is 2.36. The molecule has 0 saturated carbocycles. The Labute approximate surface area is 123 Å². The fraction of sp³-hybridized carbons (Fsp3) is 0.467. The highest BCUT2D eigenvalue weighted by atomic mass is 16.5. The summed E-state index contributed by atoms with van der Waals surface area (Å²) in [7, 11) is 1.39. The molecule has 1 aliphatic rings. The van der Waals surface area contributed by atoms with Crippen LogP contribution < -0.4 is 10.1 Å². The lowest BCUT2D eigenvalue weighted by Gasteiger charge is -2.16. The number of rotatable bonds is 5. The Kier molecular flexibility index (Phi) is 4.47. The van der Waals surface area contributed by atoms with Crippen molar-refractivity contribution in [3.05, 3.63) is 28.8 Å². The molecule has 21 heavy (non-hydrogen) atoms. The second-order valence-corrected chi connectivity index (χ2v) is 5.19. The van der Waals surface area contributed by atoms with Gasteiger partial charge in [0.1, 0.15) is 18.3 Å². The van der Waals surface area contributed by atoms with Crippen LogP contribution in [0.15, 0.2) is 12.1 Å². The van der Waals surface area contributed by atoms with Crippen LogP contribution in [0.2, 0.25) is 0 Å². The van der Waals surface area contributed by atoms with E-state index < -0.39 is 17.9 Å². The molecule has 6 nitrogen and oxygen atoms in total. The second kappa shape index (κ2) is 6.13. The topological polar surface area (TPSA) is 84.9 Å². The molecular formula is C15H19NO5. The maximum Gasteiger partial charge on any atom is 0.328 e. The number of hydrogen-bond acceptors (Lipinski definition) is 4. The van der Waals surface area contributed by atoms with Crippen molar-refractivity contribution in [3.8, 4) is 5.75 Å². The van der Waals surface area contributed by atoms with Gasteiger partial charge in [-0.2, -0.15) is 0 Å².